The van der Waals surface area contributed by atoms with E-state index >= 15 is 0 Å². The van der Waals surface area contributed by atoms with Crippen molar-refractivity contribution in [2.24, 2.45) is 0 Å². The van der Waals surface area contributed by atoms with E-state index in [1.807, 2.05) is 11.0 Å². The first-order valence-electron chi connectivity index (χ1n) is 9.94. The lowest BCUT2D eigenvalue weighted by Crippen LogP contribution is -2.50. The van der Waals surface area contributed by atoms with Crippen molar-refractivity contribution in [2.45, 2.75) is 43.6 Å². The number of hydrogen-bond donors (Lipinski definition) is 0. The molecular weight excluding hydrogens is 392 g/mol. The predicted octanol–water partition coefficient (Wildman–Crippen LogP) is 2.69. The van der Waals surface area contributed by atoms with Crippen molar-refractivity contribution in [3.8, 4) is 6.07 Å². The Hall–Kier alpha value is -3.12. The molecule has 2 atom stereocenters. The molecule has 3 saturated heterocycles. The van der Waals surface area contributed by atoms with Crippen LogP contribution in [0.2, 0.25) is 0 Å². The predicted molar refractivity (Wildman–Crippen MR) is 101 cm³/mol. The number of anilines is 1. The number of aromatic nitrogens is 2. The monoisotopic (exact) mass is 411 g/mol. The molecule has 3 fully saturated rings. The lowest BCUT2D eigenvalue weighted by atomic mass is 9.89. The maximum Gasteiger partial charge on any atom is 0.257 e. The number of halogens is 2. The van der Waals surface area contributed by atoms with Crippen LogP contribution in [0.1, 0.15) is 43.0 Å². The van der Waals surface area contributed by atoms with Crippen molar-refractivity contribution < 1.29 is 18.3 Å². The van der Waals surface area contributed by atoms with E-state index in [2.05, 4.69) is 10.2 Å². The SMILES string of the molecule is N#Cc1ccc(N2CCC3(CC2)O[C@@H]2CC[C@@H](c4cc(F)cc(F)c4)N2C3=O)nn1. The summed E-state index contributed by atoms with van der Waals surface area (Å²) in [5.74, 6) is -0.742. The van der Waals surface area contributed by atoms with E-state index in [0.29, 0.717) is 50.2 Å². The van der Waals surface area contributed by atoms with Crippen molar-refractivity contribution in [1.29, 1.82) is 5.26 Å². The second kappa shape index (κ2) is 6.99. The van der Waals surface area contributed by atoms with Gasteiger partial charge in [-0.15, -0.1) is 10.2 Å². The molecule has 5 rings (SSSR count). The Morgan fingerprint density at radius 1 is 1.10 bits per heavy atom. The maximum absolute atomic E-state index is 13.7. The number of carbonyl (C=O) groups is 1. The third kappa shape index (κ3) is 2.99. The fraction of sp³-hybridized carbons (Fsp3) is 0.429. The van der Waals surface area contributed by atoms with E-state index in [-0.39, 0.29) is 23.9 Å². The first-order valence-corrected chi connectivity index (χ1v) is 9.94. The lowest BCUT2D eigenvalue weighted by Gasteiger charge is -2.37. The molecule has 0 aliphatic carbocycles. The number of hydrogen-bond acceptors (Lipinski definition) is 6. The van der Waals surface area contributed by atoms with Crippen LogP contribution in [0.3, 0.4) is 0 Å². The molecule has 9 heteroatoms. The summed E-state index contributed by atoms with van der Waals surface area (Å²) < 4.78 is 33.7. The quantitative estimate of drug-likeness (QED) is 0.756. The number of benzene rings is 1. The Morgan fingerprint density at radius 3 is 2.47 bits per heavy atom. The van der Waals surface area contributed by atoms with Crippen molar-refractivity contribution in [2.75, 3.05) is 18.0 Å². The number of nitriles is 1. The van der Waals surface area contributed by atoms with Crippen molar-refractivity contribution in [1.82, 2.24) is 15.1 Å². The number of nitrogens with zero attached hydrogens (tertiary/aromatic N) is 5. The van der Waals surface area contributed by atoms with E-state index in [1.54, 1.807) is 17.0 Å². The van der Waals surface area contributed by atoms with Gasteiger partial charge in [0.2, 0.25) is 0 Å². The van der Waals surface area contributed by atoms with Gasteiger partial charge in [-0.3, -0.25) is 4.79 Å². The number of ether oxygens (including phenoxy) is 1. The molecule has 0 bridgehead atoms. The van der Waals surface area contributed by atoms with Gasteiger partial charge in [-0.2, -0.15) is 5.26 Å². The number of fused-ring (bicyclic) bond motifs is 1. The van der Waals surface area contributed by atoms with Crippen LogP contribution < -0.4 is 4.90 Å². The third-order valence-electron chi connectivity index (χ3n) is 6.25. The minimum absolute atomic E-state index is 0.106. The first kappa shape index (κ1) is 18.9. The molecular formula is C21H19F2N5O2. The van der Waals surface area contributed by atoms with Gasteiger partial charge in [-0.25, -0.2) is 8.78 Å². The molecule has 4 heterocycles. The van der Waals surface area contributed by atoms with Crippen molar-refractivity contribution in [3.63, 3.8) is 0 Å². The Bertz CT molecular complexity index is 1010. The average Bonchev–Trinajstić information content (AvgIpc) is 3.26. The highest BCUT2D eigenvalue weighted by atomic mass is 19.1. The van der Waals surface area contributed by atoms with Gasteiger partial charge in [-0.1, -0.05) is 0 Å². The molecule has 0 unspecified atom stereocenters. The van der Waals surface area contributed by atoms with Crippen molar-refractivity contribution in [3.05, 3.63) is 53.2 Å². The summed E-state index contributed by atoms with van der Waals surface area (Å²) >= 11 is 0. The average molecular weight is 411 g/mol. The summed E-state index contributed by atoms with van der Waals surface area (Å²) in [7, 11) is 0. The Morgan fingerprint density at radius 2 is 1.83 bits per heavy atom. The van der Waals surface area contributed by atoms with Crippen LogP contribution in [0.15, 0.2) is 30.3 Å². The number of carbonyl (C=O) groups excluding carboxylic acids is 1. The fourth-order valence-electron chi connectivity index (χ4n) is 4.79. The molecule has 154 valence electrons. The molecule has 0 radical (unpaired) electrons. The van der Waals surface area contributed by atoms with Crippen LogP contribution in [0, 0.1) is 23.0 Å². The van der Waals surface area contributed by atoms with Gasteiger partial charge in [0.1, 0.15) is 23.9 Å². The van der Waals surface area contributed by atoms with E-state index < -0.39 is 17.2 Å². The molecule has 2 aromatic rings. The van der Waals surface area contributed by atoms with Gasteiger partial charge in [0, 0.05) is 32.0 Å². The highest BCUT2D eigenvalue weighted by molar-refractivity contribution is 5.88. The summed E-state index contributed by atoms with van der Waals surface area (Å²) in [4.78, 5) is 17.1. The highest BCUT2D eigenvalue weighted by Crippen LogP contribution is 2.47. The van der Waals surface area contributed by atoms with E-state index in [1.165, 1.54) is 12.1 Å². The smallest absolute Gasteiger partial charge is 0.257 e. The molecule has 1 amide bonds. The summed E-state index contributed by atoms with van der Waals surface area (Å²) in [6, 6.07) is 8.34. The highest BCUT2D eigenvalue weighted by Gasteiger charge is 2.58. The standard InChI is InChI=1S/C21H19F2N5O2/c22-14-9-13(10-15(23)11-14)17-2-4-19-28(17)20(29)21(30-19)5-7-27(8-6-21)18-3-1-16(12-24)25-26-18/h1,3,9-11,17,19H,2,4-8H2/t17-,19+/m0/s1. The maximum atomic E-state index is 13.7. The van der Waals surface area contributed by atoms with E-state index in [4.69, 9.17) is 10.00 Å². The lowest BCUT2D eigenvalue weighted by molar-refractivity contribution is -0.140. The van der Waals surface area contributed by atoms with Gasteiger partial charge >= 0.3 is 0 Å². The second-order valence-electron chi connectivity index (χ2n) is 7.95. The van der Waals surface area contributed by atoms with Crippen LogP contribution in [0.5, 0.6) is 0 Å². The molecule has 1 aromatic carbocycles. The van der Waals surface area contributed by atoms with Crippen LogP contribution in [-0.2, 0) is 9.53 Å². The summed E-state index contributed by atoms with van der Waals surface area (Å²) in [6.07, 6.45) is 1.87. The molecule has 7 nitrogen and oxygen atoms in total. The molecule has 1 spiro atoms. The summed E-state index contributed by atoms with van der Waals surface area (Å²) in [5.41, 5.74) is -0.192. The van der Waals surface area contributed by atoms with Crippen molar-refractivity contribution >= 4 is 11.7 Å². The second-order valence-corrected chi connectivity index (χ2v) is 7.95. The van der Waals surface area contributed by atoms with Gasteiger partial charge in [0.05, 0.1) is 6.04 Å². The number of amides is 1. The normalized spacial score (nSPS) is 24.9. The zero-order valence-corrected chi connectivity index (χ0v) is 16.1. The van der Waals surface area contributed by atoms with E-state index in [9.17, 15) is 13.6 Å². The minimum atomic E-state index is -0.911. The number of piperidine rings is 1. The zero-order valence-electron chi connectivity index (χ0n) is 16.1. The van der Waals surface area contributed by atoms with Gasteiger partial charge < -0.3 is 14.5 Å². The zero-order chi connectivity index (χ0) is 20.9. The molecule has 1 aromatic heterocycles. The van der Waals surface area contributed by atoms with E-state index in [0.717, 1.165) is 6.07 Å². The third-order valence-corrected chi connectivity index (χ3v) is 6.25. The van der Waals surface area contributed by atoms with Gasteiger partial charge in [0.25, 0.3) is 5.91 Å². The fourth-order valence-corrected chi connectivity index (χ4v) is 4.79. The largest absolute Gasteiger partial charge is 0.355 e. The Kier molecular flexibility index (Phi) is 4.40. The van der Waals surface area contributed by atoms with Crippen LogP contribution in [-0.4, -0.2) is 45.9 Å². The molecule has 30 heavy (non-hydrogen) atoms. The topological polar surface area (TPSA) is 82.4 Å². The summed E-state index contributed by atoms with van der Waals surface area (Å²) in [5, 5.41) is 16.8. The minimum Gasteiger partial charge on any atom is -0.355 e. The molecule has 3 aliphatic heterocycles. The van der Waals surface area contributed by atoms with Crippen LogP contribution >= 0.6 is 0 Å². The Balaban J connectivity index is 1.33. The van der Waals surface area contributed by atoms with Crippen LogP contribution in [0.25, 0.3) is 0 Å². The Labute approximate surface area is 171 Å². The summed E-state index contributed by atoms with van der Waals surface area (Å²) in [6.45, 7) is 1.12. The van der Waals surface area contributed by atoms with Gasteiger partial charge in [-0.05, 0) is 42.7 Å². The molecule has 3 aliphatic rings. The van der Waals surface area contributed by atoms with Crippen LogP contribution in [0.4, 0.5) is 14.6 Å². The molecule has 0 saturated carbocycles. The number of rotatable bonds is 2. The van der Waals surface area contributed by atoms with Gasteiger partial charge in [0.15, 0.2) is 17.1 Å². The molecule has 0 N–H and O–H groups in total. The first-order chi connectivity index (χ1) is 14.5.